The summed E-state index contributed by atoms with van der Waals surface area (Å²) >= 11 is 0. The first-order valence-electron chi connectivity index (χ1n) is 17.3. The van der Waals surface area contributed by atoms with Gasteiger partial charge in [0.1, 0.15) is 11.2 Å². The largest absolute Gasteiger partial charge is 0.456 e. The second-order valence-electron chi connectivity index (χ2n) is 10.8. The average Bonchev–Trinajstić information content (AvgIpc) is 3.54. The lowest BCUT2D eigenvalue weighted by Gasteiger charge is -2.18. The molecule has 0 aliphatic rings. The minimum atomic E-state index is -0.429. The van der Waals surface area contributed by atoms with Crippen molar-refractivity contribution in [2.45, 2.75) is 0 Å². The van der Waals surface area contributed by atoms with Gasteiger partial charge in [-0.1, -0.05) is 139 Å². The second kappa shape index (κ2) is 9.44. The van der Waals surface area contributed by atoms with Gasteiger partial charge in [-0.25, -0.2) is 0 Å². The van der Waals surface area contributed by atoms with Crippen LogP contribution >= 0.6 is 0 Å². The van der Waals surface area contributed by atoms with E-state index in [0.29, 0.717) is 16.4 Å². The maximum Gasteiger partial charge on any atom is 0.136 e. The van der Waals surface area contributed by atoms with Crippen molar-refractivity contribution >= 4 is 54.3 Å². The summed E-state index contributed by atoms with van der Waals surface area (Å²) in [4.78, 5) is 0. The van der Waals surface area contributed by atoms with Gasteiger partial charge in [-0.2, -0.15) is 0 Å². The first-order chi connectivity index (χ1) is 23.8. The topological polar surface area (TPSA) is 13.1 Å². The van der Waals surface area contributed by atoms with Crippen molar-refractivity contribution in [3.63, 3.8) is 0 Å². The molecule has 0 amide bonds. The molecule has 1 aromatic heterocycles. The Morgan fingerprint density at radius 2 is 1.05 bits per heavy atom. The van der Waals surface area contributed by atoms with Crippen LogP contribution in [0.3, 0.4) is 0 Å². The van der Waals surface area contributed by atoms with Crippen LogP contribution in [0.4, 0.5) is 0 Å². The van der Waals surface area contributed by atoms with E-state index in [-0.39, 0.29) is 46.6 Å². The van der Waals surface area contributed by atoms with Crippen LogP contribution in [0.15, 0.2) is 162 Å². The van der Waals surface area contributed by atoms with Gasteiger partial charge in [-0.3, -0.25) is 0 Å². The van der Waals surface area contributed by atoms with Gasteiger partial charge in [-0.15, -0.1) is 0 Å². The molecule has 0 radical (unpaired) electrons. The molecule has 9 rings (SSSR count). The minimum absolute atomic E-state index is 0.0179. The fourth-order valence-corrected chi connectivity index (χ4v) is 6.61. The molecular weight excluding hydrogens is 520 g/mol. The van der Waals surface area contributed by atoms with Gasteiger partial charge in [-0.05, 0) is 83.9 Å². The Hall–Kier alpha value is -5.66. The molecule has 0 aliphatic carbocycles. The molecule has 0 bridgehead atoms. The molecule has 9 aromatic rings. The fourth-order valence-electron chi connectivity index (χ4n) is 6.61. The molecule has 1 heteroatoms. The van der Waals surface area contributed by atoms with Crippen molar-refractivity contribution in [2.24, 2.45) is 0 Å². The third-order valence-corrected chi connectivity index (χ3v) is 8.41. The van der Waals surface area contributed by atoms with Gasteiger partial charge in [0.05, 0.1) is 8.22 Å². The molecule has 0 N–H and O–H groups in total. The normalized spacial score (nSPS) is 13.7. The fraction of sp³-hybridized carbons (Fsp3) is 0. The van der Waals surface area contributed by atoms with Crippen molar-refractivity contribution in [1.82, 2.24) is 0 Å². The maximum atomic E-state index is 8.95. The Labute approximate surface area is 257 Å². The Morgan fingerprint density at radius 1 is 0.419 bits per heavy atom. The highest BCUT2D eigenvalue weighted by atomic mass is 16.3. The highest BCUT2D eigenvalue weighted by molar-refractivity contribution is 6.28. The van der Waals surface area contributed by atoms with E-state index in [2.05, 4.69) is 60.7 Å². The maximum absolute atomic E-state index is 8.95. The summed E-state index contributed by atoms with van der Waals surface area (Å²) in [5.41, 5.74) is 6.86. The van der Waals surface area contributed by atoms with Gasteiger partial charge in [0, 0.05) is 10.8 Å². The van der Waals surface area contributed by atoms with Crippen LogP contribution < -0.4 is 0 Å². The molecule has 0 fully saturated rings. The van der Waals surface area contributed by atoms with E-state index < -0.39 is 6.04 Å². The van der Waals surface area contributed by atoms with Gasteiger partial charge >= 0.3 is 0 Å². The number of benzene rings is 8. The van der Waals surface area contributed by atoms with E-state index in [1.807, 2.05) is 60.7 Å². The van der Waals surface area contributed by atoms with Crippen LogP contribution in [0.5, 0.6) is 0 Å². The van der Waals surface area contributed by atoms with E-state index in [4.69, 9.17) is 12.6 Å². The molecule has 0 aliphatic heterocycles. The molecule has 0 saturated heterocycles. The zero-order valence-electron chi connectivity index (χ0n) is 29.0. The lowest BCUT2D eigenvalue weighted by molar-refractivity contribution is 0.669. The van der Waals surface area contributed by atoms with Gasteiger partial charge in [0.25, 0.3) is 0 Å². The molecular formula is C42H26O. The standard InChI is InChI=1S/C42H26O/c1-2-12-27(13-3-1)29-15-10-16-30(26-29)39-32-18-6-8-20-34(32)40(35-21-9-7-19-33(35)39)36-22-11-23-37-42(36)41-31-17-5-4-14-28(31)24-25-38(41)43-37/h1-26H/i4D,5D,14D,17D,24D,25D. The van der Waals surface area contributed by atoms with E-state index >= 15 is 0 Å². The van der Waals surface area contributed by atoms with Crippen LogP contribution in [-0.2, 0) is 0 Å². The number of fused-ring (bicyclic) bond motifs is 7. The molecule has 0 unspecified atom stereocenters. The van der Waals surface area contributed by atoms with Crippen molar-refractivity contribution < 1.29 is 12.6 Å². The predicted octanol–water partition coefficient (Wildman–Crippen LogP) is 12.0. The van der Waals surface area contributed by atoms with Crippen LogP contribution in [-0.4, -0.2) is 0 Å². The molecule has 43 heavy (non-hydrogen) atoms. The monoisotopic (exact) mass is 552 g/mol. The second-order valence-corrected chi connectivity index (χ2v) is 10.8. The summed E-state index contributed by atoms with van der Waals surface area (Å²) in [5.74, 6) is 0. The van der Waals surface area contributed by atoms with Crippen molar-refractivity contribution in [2.75, 3.05) is 0 Å². The molecule has 1 heterocycles. The van der Waals surface area contributed by atoms with Crippen molar-refractivity contribution in [3.05, 3.63) is 158 Å². The Morgan fingerprint density at radius 3 is 1.81 bits per heavy atom. The van der Waals surface area contributed by atoms with Gasteiger partial charge in [0.2, 0.25) is 0 Å². The summed E-state index contributed by atoms with van der Waals surface area (Å²) in [6, 6.07) is 39.5. The van der Waals surface area contributed by atoms with Gasteiger partial charge in [0.15, 0.2) is 0 Å². The quantitative estimate of drug-likeness (QED) is 0.199. The van der Waals surface area contributed by atoms with Crippen LogP contribution in [0.1, 0.15) is 8.22 Å². The smallest absolute Gasteiger partial charge is 0.136 e. The Bertz CT molecular complexity index is 2780. The molecule has 1 nitrogen and oxygen atoms in total. The van der Waals surface area contributed by atoms with E-state index in [1.165, 1.54) is 0 Å². The molecule has 8 aromatic carbocycles. The summed E-state index contributed by atoms with van der Waals surface area (Å²) in [6.45, 7) is 0. The highest BCUT2D eigenvalue weighted by Crippen LogP contribution is 2.48. The highest BCUT2D eigenvalue weighted by Gasteiger charge is 2.21. The molecule has 0 spiro atoms. The van der Waals surface area contributed by atoms with Crippen LogP contribution in [0.25, 0.3) is 87.6 Å². The summed E-state index contributed by atoms with van der Waals surface area (Å²) in [5, 5.41) is 5.42. The SMILES string of the molecule is [2H]c1c([2H])c([2H])c2c(c1[2H])c([2H])c([2H])c1oc3cccc(-c4c5ccccc5c(-c5cccc(-c6ccccc6)c5)c5ccccc45)c3c12. The summed E-state index contributed by atoms with van der Waals surface area (Å²) < 4.78 is 58.4. The number of rotatable bonds is 3. The first kappa shape index (κ1) is 18.7. The molecule has 200 valence electrons. The molecule has 0 saturated carbocycles. The third-order valence-electron chi connectivity index (χ3n) is 8.41. The first-order valence-corrected chi connectivity index (χ1v) is 14.3. The summed E-state index contributed by atoms with van der Waals surface area (Å²) in [7, 11) is 0. The van der Waals surface area contributed by atoms with Gasteiger partial charge < -0.3 is 4.42 Å². The van der Waals surface area contributed by atoms with E-state index in [0.717, 1.165) is 54.9 Å². The van der Waals surface area contributed by atoms with E-state index in [9.17, 15) is 0 Å². The van der Waals surface area contributed by atoms with Crippen molar-refractivity contribution in [1.29, 1.82) is 0 Å². The zero-order valence-corrected chi connectivity index (χ0v) is 23.0. The van der Waals surface area contributed by atoms with Crippen molar-refractivity contribution in [3.8, 4) is 33.4 Å². The molecule has 0 atom stereocenters. The third kappa shape index (κ3) is 3.65. The van der Waals surface area contributed by atoms with E-state index in [1.54, 1.807) is 0 Å². The van der Waals surface area contributed by atoms with Crippen LogP contribution in [0, 0.1) is 0 Å². The van der Waals surface area contributed by atoms with Crippen LogP contribution in [0.2, 0.25) is 0 Å². The zero-order chi connectivity index (χ0) is 33.6. The minimum Gasteiger partial charge on any atom is -0.456 e. The lowest BCUT2D eigenvalue weighted by Crippen LogP contribution is -1.91. The Kier molecular flexibility index (Phi) is 4.11. The lowest BCUT2D eigenvalue weighted by atomic mass is 9.84. The Balaban J connectivity index is 1.45. The predicted molar refractivity (Wildman–Crippen MR) is 183 cm³/mol. The average molecular weight is 553 g/mol. The number of hydrogen-bond acceptors (Lipinski definition) is 1. The number of furan rings is 1. The number of hydrogen-bond donors (Lipinski definition) is 0. The summed E-state index contributed by atoms with van der Waals surface area (Å²) in [6.07, 6.45) is 0.